The molecule has 0 aliphatic carbocycles. The van der Waals surface area contributed by atoms with Gasteiger partial charge in [-0.1, -0.05) is 12.7 Å². The van der Waals surface area contributed by atoms with Crippen molar-refractivity contribution in [2.24, 2.45) is 0 Å². The van der Waals surface area contributed by atoms with Crippen LogP contribution in [-0.4, -0.2) is 50.7 Å². The molecule has 0 unspecified atom stereocenters. The van der Waals surface area contributed by atoms with Gasteiger partial charge in [-0.2, -0.15) is 0 Å². The summed E-state index contributed by atoms with van der Waals surface area (Å²) in [4.78, 5) is 13.2. The molecule has 16 heavy (non-hydrogen) atoms. The molecule has 1 aliphatic heterocycles. The van der Waals surface area contributed by atoms with Crippen LogP contribution in [0.15, 0.2) is 12.7 Å². The number of hydrogen-bond acceptors (Lipinski definition) is 4. The van der Waals surface area contributed by atoms with Crippen molar-refractivity contribution in [2.75, 3.05) is 33.9 Å². The molecule has 0 bridgehead atoms. The van der Waals surface area contributed by atoms with E-state index >= 15 is 0 Å². The van der Waals surface area contributed by atoms with Gasteiger partial charge in [-0.25, -0.2) is 4.79 Å². The highest BCUT2D eigenvalue weighted by Crippen LogP contribution is 2.26. The number of methoxy groups -OCH3 is 2. The second kappa shape index (κ2) is 5.86. The molecule has 0 saturated carbocycles. The van der Waals surface area contributed by atoms with Crippen LogP contribution >= 0.6 is 0 Å². The van der Waals surface area contributed by atoms with Crippen molar-refractivity contribution < 1.29 is 19.0 Å². The van der Waals surface area contributed by atoms with Crippen molar-refractivity contribution >= 4 is 6.09 Å². The van der Waals surface area contributed by atoms with Crippen molar-refractivity contribution in [1.82, 2.24) is 4.90 Å². The lowest BCUT2D eigenvalue weighted by Crippen LogP contribution is -2.48. The Morgan fingerprint density at radius 2 is 1.94 bits per heavy atom. The van der Waals surface area contributed by atoms with E-state index in [1.165, 1.54) is 0 Å². The van der Waals surface area contributed by atoms with Gasteiger partial charge in [0.15, 0.2) is 5.79 Å². The highest BCUT2D eigenvalue weighted by molar-refractivity contribution is 5.67. The Labute approximate surface area is 96.0 Å². The molecule has 0 aromatic heterocycles. The van der Waals surface area contributed by atoms with Crippen LogP contribution in [0.4, 0.5) is 4.79 Å². The van der Waals surface area contributed by atoms with Crippen LogP contribution < -0.4 is 0 Å². The van der Waals surface area contributed by atoms with E-state index in [1.807, 2.05) is 0 Å². The van der Waals surface area contributed by atoms with E-state index in [0.717, 1.165) is 0 Å². The summed E-state index contributed by atoms with van der Waals surface area (Å²) in [6, 6.07) is 0. The van der Waals surface area contributed by atoms with Gasteiger partial charge in [0.2, 0.25) is 0 Å². The predicted molar refractivity (Wildman–Crippen MR) is 59.1 cm³/mol. The highest BCUT2D eigenvalue weighted by atomic mass is 16.7. The molecule has 0 aromatic rings. The fourth-order valence-electron chi connectivity index (χ4n) is 1.74. The Balaban J connectivity index is 2.41. The first-order valence-corrected chi connectivity index (χ1v) is 5.30. The van der Waals surface area contributed by atoms with Gasteiger partial charge in [-0.15, -0.1) is 0 Å². The predicted octanol–water partition coefficient (Wildman–Crippen LogP) is 1.39. The van der Waals surface area contributed by atoms with Crippen molar-refractivity contribution in [3.8, 4) is 0 Å². The Kier molecular flexibility index (Phi) is 4.76. The molecule has 0 spiro atoms. The summed E-state index contributed by atoms with van der Waals surface area (Å²) in [6.07, 6.45) is 2.56. The van der Waals surface area contributed by atoms with Crippen LogP contribution in [0.25, 0.3) is 0 Å². The minimum Gasteiger partial charge on any atom is -0.445 e. The molecule has 0 N–H and O–H groups in total. The Morgan fingerprint density at radius 3 is 2.38 bits per heavy atom. The Morgan fingerprint density at radius 1 is 1.38 bits per heavy atom. The largest absolute Gasteiger partial charge is 0.445 e. The van der Waals surface area contributed by atoms with Crippen LogP contribution in [0, 0.1) is 0 Å². The third-order valence-corrected chi connectivity index (χ3v) is 2.85. The zero-order chi connectivity index (χ0) is 12.0. The number of nitrogens with zero attached hydrogens (tertiary/aromatic N) is 1. The molecule has 5 nitrogen and oxygen atoms in total. The number of piperidine rings is 1. The molecule has 1 aliphatic rings. The fourth-order valence-corrected chi connectivity index (χ4v) is 1.74. The van der Waals surface area contributed by atoms with Gasteiger partial charge >= 0.3 is 6.09 Å². The summed E-state index contributed by atoms with van der Waals surface area (Å²) in [5, 5.41) is 0. The highest BCUT2D eigenvalue weighted by Gasteiger charge is 2.36. The number of amides is 1. The molecule has 1 rings (SSSR count). The maximum Gasteiger partial charge on any atom is 0.410 e. The Hall–Kier alpha value is -1.07. The van der Waals surface area contributed by atoms with Crippen LogP contribution in [0.2, 0.25) is 0 Å². The number of ether oxygens (including phenoxy) is 3. The summed E-state index contributed by atoms with van der Waals surface area (Å²) >= 11 is 0. The quantitative estimate of drug-likeness (QED) is 0.540. The number of likely N-dealkylation sites (tertiary alicyclic amines) is 1. The zero-order valence-electron chi connectivity index (χ0n) is 9.90. The third-order valence-electron chi connectivity index (χ3n) is 2.85. The molecule has 1 heterocycles. The topological polar surface area (TPSA) is 48.0 Å². The number of rotatable bonds is 4. The van der Waals surface area contributed by atoms with Gasteiger partial charge < -0.3 is 19.1 Å². The van der Waals surface area contributed by atoms with Crippen molar-refractivity contribution in [3.05, 3.63) is 12.7 Å². The maximum atomic E-state index is 11.5. The molecule has 92 valence electrons. The molecular formula is C11H19NO4. The lowest BCUT2D eigenvalue weighted by molar-refractivity contribution is -0.227. The SMILES string of the molecule is C=CCOC(=O)N1CCC(OC)(OC)CC1. The van der Waals surface area contributed by atoms with Crippen molar-refractivity contribution in [3.63, 3.8) is 0 Å². The van der Waals surface area contributed by atoms with E-state index < -0.39 is 5.79 Å². The summed E-state index contributed by atoms with van der Waals surface area (Å²) in [5.41, 5.74) is 0. The first-order valence-electron chi connectivity index (χ1n) is 5.30. The summed E-state index contributed by atoms with van der Waals surface area (Å²) in [7, 11) is 3.24. The lowest BCUT2D eigenvalue weighted by atomic mass is 10.0. The van der Waals surface area contributed by atoms with Gasteiger partial charge in [0.1, 0.15) is 6.61 Å². The van der Waals surface area contributed by atoms with Crippen molar-refractivity contribution in [1.29, 1.82) is 0 Å². The molecular weight excluding hydrogens is 210 g/mol. The first-order chi connectivity index (χ1) is 7.67. The average Bonchev–Trinajstić information content (AvgIpc) is 2.36. The number of hydrogen-bond donors (Lipinski definition) is 0. The standard InChI is InChI=1S/C11H19NO4/c1-4-9-16-10(13)12-7-5-11(14-2,15-3)6-8-12/h4H,1,5-9H2,2-3H3. The summed E-state index contributed by atoms with van der Waals surface area (Å²) in [6.45, 7) is 4.90. The minimum absolute atomic E-state index is 0.245. The minimum atomic E-state index is -0.546. The van der Waals surface area contributed by atoms with Crippen LogP contribution in [0.3, 0.4) is 0 Å². The number of carbonyl (C=O) groups excluding carboxylic acids is 1. The van der Waals surface area contributed by atoms with Crippen LogP contribution in [-0.2, 0) is 14.2 Å². The molecule has 1 saturated heterocycles. The average molecular weight is 229 g/mol. The molecule has 1 amide bonds. The Bertz CT molecular complexity index is 240. The lowest BCUT2D eigenvalue weighted by Gasteiger charge is -2.38. The summed E-state index contributed by atoms with van der Waals surface area (Å²) < 4.78 is 15.6. The van der Waals surface area contributed by atoms with Gasteiger partial charge in [0, 0.05) is 40.2 Å². The zero-order valence-corrected chi connectivity index (χ0v) is 9.90. The second-order valence-electron chi connectivity index (χ2n) is 3.67. The van der Waals surface area contributed by atoms with E-state index in [2.05, 4.69) is 6.58 Å². The number of carbonyl (C=O) groups is 1. The fraction of sp³-hybridized carbons (Fsp3) is 0.727. The van der Waals surface area contributed by atoms with Crippen LogP contribution in [0.1, 0.15) is 12.8 Å². The van der Waals surface area contributed by atoms with Gasteiger partial charge in [-0.3, -0.25) is 0 Å². The second-order valence-corrected chi connectivity index (χ2v) is 3.67. The van der Waals surface area contributed by atoms with E-state index in [1.54, 1.807) is 25.2 Å². The van der Waals surface area contributed by atoms with E-state index in [-0.39, 0.29) is 12.7 Å². The maximum absolute atomic E-state index is 11.5. The van der Waals surface area contributed by atoms with E-state index in [0.29, 0.717) is 25.9 Å². The smallest absolute Gasteiger partial charge is 0.410 e. The van der Waals surface area contributed by atoms with Crippen molar-refractivity contribution in [2.45, 2.75) is 18.6 Å². The molecule has 5 heteroatoms. The van der Waals surface area contributed by atoms with E-state index in [4.69, 9.17) is 14.2 Å². The molecule has 0 atom stereocenters. The molecule has 0 radical (unpaired) electrons. The normalized spacial score (nSPS) is 19.2. The monoisotopic (exact) mass is 229 g/mol. The summed E-state index contributed by atoms with van der Waals surface area (Å²) in [5.74, 6) is -0.546. The third kappa shape index (κ3) is 2.96. The van der Waals surface area contributed by atoms with Crippen LogP contribution in [0.5, 0.6) is 0 Å². The first kappa shape index (κ1) is 13.0. The molecule has 0 aromatic carbocycles. The molecule has 1 fully saturated rings. The van der Waals surface area contributed by atoms with E-state index in [9.17, 15) is 4.79 Å². The van der Waals surface area contributed by atoms with Gasteiger partial charge in [-0.05, 0) is 0 Å². The van der Waals surface area contributed by atoms with Gasteiger partial charge in [0.05, 0.1) is 0 Å². The van der Waals surface area contributed by atoms with Gasteiger partial charge in [0.25, 0.3) is 0 Å².